The van der Waals surface area contributed by atoms with Crippen molar-refractivity contribution in [3.8, 4) is 0 Å². The smallest absolute Gasteiger partial charge is 0.337 e. The Labute approximate surface area is 107 Å². The number of hydrogen-bond acceptors (Lipinski definition) is 7. The Morgan fingerprint density at radius 3 is 2.68 bits per heavy atom. The maximum atomic E-state index is 10.7. The molecule has 10 nitrogen and oxygen atoms in total. The second-order valence-electron chi connectivity index (χ2n) is 3.45. The Bertz CT molecular complexity index is 614. The van der Waals surface area contributed by atoms with E-state index in [1.807, 2.05) is 0 Å². The number of anilines is 1. The van der Waals surface area contributed by atoms with Crippen molar-refractivity contribution in [1.82, 2.24) is 4.98 Å². The Kier molecular flexibility index (Phi) is 4.34. The lowest BCUT2D eigenvalue weighted by Crippen LogP contribution is -2.23. The first-order chi connectivity index (χ1) is 8.70. The molecule has 0 bridgehead atoms. The molecule has 104 valence electrons. The molecule has 0 aliphatic rings. The minimum atomic E-state index is -3.70. The number of carbonyl (C=O) groups is 1. The number of primary sulfonamides is 1. The third-order valence-corrected chi connectivity index (χ3v) is 2.76. The SMILES string of the molecule is NS(=O)(=O)CCNc1ncc(C(=O)O)cc1[N+](=O)[O-]. The van der Waals surface area contributed by atoms with E-state index in [-0.39, 0.29) is 17.9 Å². The minimum Gasteiger partial charge on any atom is -0.478 e. The lowest BCUT2D eigenvalue weighted by molar-refractivity contribution is -0.384. The van der Waals surface area contributed by atoms with E-state index in [4.69, 9.17) is 10.2 Å². The van der Waals surface area contributed by atoms with Gasteiger partial charge in [0.15, 0.2) is 0 Å². The van der Waals surface area contributed by atoms with Crippen LogP contribution in [0.3, 0.4) is 0 Å². The van der Waals surface area contributed by atoms with Gasteiger partial charge in [0.2, 0.25) is 15.8 Å². The van der Waals surface area contributed by atoms with Crippen LogP contribution in [0.5, 0.6) is 0 Å². The number of carboxylic acid groups (broad SMARTS) is 1. The van der Waals surface area contributed by atoms with E-state index in [0.29, 0.717) is 0 Å². The van der Waals surface area contributed by atoms with E-state index < -0.39 is 32.4 Å². The molecule has 11 heteroatoms. The van der Waals surface area contributed by atoms with Crippen molar-refractivity contribution in [2.45, 2.75) is 0 Å². The van der Waals surface area contributed by atoms with Crippen molar-refractivity contribution in [3.63, 3.8) is 0 Å². The van der Waals surface area contributed by atoms with Crippen molar-refractivity contribution in [2.24, 2.45) is 5.14 Å². The van der Waals surface area contributed by atoms with Crippen LogP contribution >= 0.6 is 0 Å². The number of pyridine rings is 1. The number of nitro groups is 1. The van der Waals surface area contributed by atoms with Gasteiger partial charge in [0.05, 0.1) is 16.2 Å². The molecule has 0 saturated carbocycles. The van der Waals surface area contributed by atoms with E-state index in [0.717, 1.165) is 12.3 Å². The van der Waals surface area contributed by atoms with Gasteiger partial charge in [0.25, 0.3) is 0 Å². The number of carboxylic acids is 1. The van der Waals surface area contributed by atoms with E-state index in [1.54, 1.807) is 0 Å². The minimum absolute atomic E-state index is 0.181. The second kappa shape index (κ2) is 5.58. The molecule has 1 rings (SSSR count). The van der Waals surface area contributed by atoms with E-state index in [1.165, 1.54) is 0 Å². The third-order valence-electron chi connectivity index (χ3n) is 1.99. The van der Waals surface area contributed by atoms with Gasteiger partial charge in [-0.2, -0.15) is 0 Å². The first kappa shape index (κ1) is 14.8. The summed E-state index contributed by atoms with van der Waals surface area (Å²) in [4.78, 5) is 24.2. The van der Waals surface area contributed by atoms with Crippen molar-refractivity contribution in [3.05, 3.63) is 27.9 Å². The van der Waals surface area contributed by atoms with Gasteiger partial charge in [-0.15, -0.1) is 0 Å². The zero-order valence-electron chi connectivity index (χ0n) is 9.44. The Balaban J connectivity index is 2.94. The van der Waals surface area contributed by atoms with Crippen LogP contribution in [0.25, 0.3) is 0 Å². The van der Waals surface area contributed by atoms with Gasteiger partial charge in [-0.1, -0.05) is 0 Å². The molecule has 0 spiro atoms. The summed E-state index contributed by atoms with van der Waals surface area (Å²) in [6.45, 7) is -0.181. The predicted octanol–water partition coefficient (Wildman–Crippen LogP) is -0.612. The van der Waals surface area contributed by atoms with Crippen LogP contribution in [0.2, 0.25) is 0 Å². The molecule has 0 aromatic carbocycles. The first-order valence-electron chi connectivity index (χ1n) is 4.83. The maximum Gasteiger partial charge on any atom is 0.337 e. The number of sulfonamides is 1. The highest BCUT2D eigenvalue weighted by molar-refractivity contribution is 7.89. The van der Waals surface area contributed by atoms with Crippen molar-refractivity contribution in [1.29, 1.82) is 0 Å². The highest BCUT2D eigenvalue weighted by Gasteiger charge is 2.18. The van der Waals surface area contributed by atoms with Gasteiger partial charge >= 0.3 is 11.7 Å². The fraction of sp³-hybridized carbons (Fsp3) is 0.250. The quantitative estimate of drug-likeness (QED) is 0.460. The molecule has 0 aliphatic carbocycles. The number of nitrogens with one attached hydrogen (secondary N) is 1. The first-order valence-corrected chi connectivity index (χ1v) is 6.54. The average molecular weight is 290 g/mol. The van der Waals surface area contributed by atoms with Crippen molar-refractivity contribution >= 4 is 27.5 Å². The summed E-state index contributed by atoms with van der Waals surface area (Å²) in [6, 6.07) is 0.828. The number of rotatable bonds is 6. The van der Waals surface area contributed by atoms with Gasteiger partial charge < -0.3 is 10.4 Å². The molecule has 4 N–H and O–H groups in total. The van der Waals surface area contributed by atoms with Crippen LogP contribution in [-0.4, -0.2) is 41.7 Å². The summed E-state index contributed by atoms with van der Waals surface area (Å²) in [6.07, 6.45) is 0.925. The van der Waals surface area contributed by atoms with Gasteiger partial charge in [-0.3, -0.25) is 10.1 Å². The molecule has 19 heavy (non-hydrogen) atoms. The molecular formula is C8H10N4O6S. The van der Waals surface area contributed by atoms with Crippen molar-refractivity contribution < 1.29 is 23.2 Å². The lowest BCUT2D eigenvalue weighted by Gasteiger charge is -2.05. The Morgan fingerprint density at radius 1 is 1.58 bits per heavy atom. The molecule has 1 aromatic rings. The van der Waals surface area contributed by atoms with Crippen LogP contribution in [-0.2, 0) is 10.0 Å². The highest BCUT2D eigenvalue weighted by atomic mass is 32.2. The zero-order chi connectivity index (χ0) is 14.6. The van der Waals surface area contributed by atoms with Gasteiger partial charge in [-0.25, -0.2) is 23.3 Å². The summed E-state index contributed by atoms with van der Waals surface area (Å²) in [5, 5.41) is 26.6. The molecule has 1 aromatic heterocycles. The summed E-state index contributed by atoms with van der Waals surface area (Å²) in [5.74, 6) is -2.02. The molecule has 0 saturated heterocycles. The maximum absolute atomic E-state index is 10.7. The number of nitrogens with two attached hydrogens (primary N) is 1. The molecular weight excluding hydrogens is 280 g/mol. The zero-order valence-corrected chi connectivity index (χ0v) is 10.3. The fourth-order valence-electron chi connectivity index (χ4n) is 1.16. The van der Waals surface area contributed by atoms with Crippen LogP contribution in [0.1, 0.15) is 10.4 Å². The van der Waals surface area contributed by atoms with Gasteiger partial charge in [0, 0.05) is 18.8 Å². The number of nitrogens with zero attached hydrogens (tertiary/aromatic N) is 2. The van der Waals surface area contributed by atoms with E-state index in [9.17, 15) is 23.3 Å². The standard InChI is InChI=1S/C8H10N4O6S/c9-19(17,18)2-1-10-7-6(12(15)16)3-5(4-11-7)8(13)14/h3-4H,1-2H2,(H,10,11)(H,13,14)(H2,9,17,18). The van der Waals surface area contributed by atoms with Gasteiger partial charge in [-0.05, 0) is 0 Å². The normalized spacial score (nSPS) is 11.0. The van der Waals surface area contributed by atoms with Crippen LogP contribution in [0.4, 0.5) is 11.5 Å². The topological polar surface area (TPSA) is 166 Å². The van der Waals surface area contributed by atoms with Crippen molar-refractivity contribution in [2.75, 3.05) is 17.6 Å². The number of aromatic nitrogens is 1. The second-order valence-corrected chi connectivity index (χ2v) is 5.18. The molecule has 0 amide bonds. The highest BCUT2D eigenvalue weighted by Crippen LogP contribution is 2.22. The van der Waals surface area contributed by atoms with E-state index >= 15 is 0 Å². The lowest BCUT2D eigenvalue weighted by atomic mass is 10.2. The third kappa shape index (κ3) is 4.48. The summed E-state index contributed by atoms with van der Waals surface area (Å²) < 4.78 is 21.4. The molecule has 1 heterocycles. The predicted molar refractivity (Wildman–Crippen MR) is 64.3 cm³/mol. The van der Waals surface area contributed by atoms with Crippen LogP contribution < -0.4 is 10.5 Å². The number of hydrogen-bond donors (Lipinski definition) is 3. The summed E-state index contributed by atoms with van der Waals surface area (Å²) >= 11 is 0. The average Bonchev–Trinajstić information content (AvgIpc) is 2.27. The Morgan fingerprint density at radius 2 is 2.21 bits per heavy atom. The van der Waals surface area contributed by atoms with Crippen LogP contribution in [0.15, 0.2) is 12.3 Å². The molecule has 0 atom stereocenters. The Hall–Kier alpha value is -2.27. The largest absolute Gasteiger partial charge is 0.478 e. The summed E-state index contributed by atoms with van der Waals surface area (Å²) in [7, 11) is -3.70. The number of aromatic carboxylic acids is 1. The summed E-state index contributed by atoms with van der Waals surface area (Å²) in [5.41, 5.74) is -0.905. The fourth-order valence-corrected chi connectivity index (χ4v) is 1.54. The van der Waals surface area contributed by atoms with Crippen LogP contribution in [0, 0.1) is 10.1 Å². The van der Waals surface area contributed by atoms with Gasteiger partial charge in [0.1, 0.15) is 0 Å². The molecule has 0 radical (unpaired) electrons. The monoisotopic (exact) mass is 290 g/mol. The molecule has 0 unspecified atom stereocenters. The molecule has 0 aliphatic heterocycles. The molecule has 0 fully saturated rings. The van der Waals surface area contributed by atoms with E-state index in [2.05, 4.69) is 10.3 Å².